The second kappa shape index (κ2) is 9.52. The predicted octanol–water partition coefficient (Wildman–Crippen LogP) is 4.37. The minimum atomic E-state index is 0.258. The predicted molar refractivity (Wildman–Crippen MR) is 139 cm³/mol. The zero-order valence-electron chi connectivity index (χ0n) is 21.4. The molecule has 186 valence electrons. The van der Waals surface area contributed by atoms with Gasteiger partial charge in [0.1, 0.15) is 11.5 Å². The summed E-state index contributed by atoms with van der Waals surface area (Å²) in [5.41, 5.74) is 5.94. The molecular weight excluding hydrogens is 436 g/mol. The van der Waals surface area contributed by atoms with Crippen molar-refractivity contribution in [2.24, 2.45) is 0 Å². The van der Waals surface area contributed by atoms with Gasteiger partial charge in [-0.05, 0) is 76.9 Å². The van der Waals surface area contributed by atoms with Gasteiger partial charge in [-0.3, -0.25) is 14.3 Å². The Labute approximate surface area is 208 Å². The van der Waals surface area contributed by atoms with E-state index in [2.05, 4.69) is 64.4 Å². The first-order chi connectivity index (χ1) is 17.1. The standard InChI is InChI=1S/C28H38N6O/c1-20-7-6-14-29-27(20)22-8-4-9-23(32(22)3)28-24(19-35-21-12-13-21)34-25(30-28)10-5-11-26(34)33-17-15-31(2)16-18-33/h5-7,10-11,14,21-23H,4,8-9,12-13,15-19H2,1-3H3/t22?,23-/m1/s1. The van der Waals surface area contributed by atoms with Crippen LogP contribution in [0.2, 0.25) is 0 Å². The summed E-state index contributed by atoms with van der Waals surface area (Å²) < 4.78 is 8.74. The summed E-state index contributed by atoms with van der Waals surface area (Å²) >= 11 is 0. The van der Waals surface area contributed by atoms with Gasteiger partial charge in [-0.2, -0.15) is 0 Å². The molecule has 7 nitrogen and oxygen atoms in total. The van der Waals surface area contributed by atoms with Crippen molar-refractivity contribution in [1.82, 2.24) is 24.2 Å². The Kier molecular flexibility index (Phi) is 6.25. The first-order valence-electron chi connectivity index (χ1n) is 13.3. The van der Waals surface area contributed by atoms with Crippen molar-refractivity contribution in [3.05, 3.63) is 59.2 Å². The molecule has 35 heavy (non-hydrogen) atoms. The molecule has 7 heteroatoms. The van der Waals surface area contributed by atoms with Crippen molar-refractivity contribution >= 4 is 11.5 Å². The fourth-order valence-electron chi connectivity index (χ4n) is 5.91. The molecule has 0 bridgehead atoms. The van der Waals surface area contributed by atoms with Gasteiger partial charge in [0.15, 0.2) is 0 Å². The van der Waals surface area contributed by atoms with Crippen molar-refractivity contribution in [3.63, 3.8) is 0 Å². The highest BCUT2D eigenvalue weighted by molar-refractivity contribution is 5.55. The highest BCUT2D eigenvalue weighted by Gasteiger charge is 2.35. The highest BCUT2D eigenvalue weighted by Crippen LogP contribution is 2.42. The Morgan fingerprint density at radius 2 is 1.69 bits per heavy atom. The molecule has 2 saturated heterocycles. The minimum Gasteiger partial charge on any atom is -0.372 e. The molecule has 5 heterocycles. The largest absolute Gasteiger partial charge is 0.372 e. The van der Waals surface area contributed by atoms with Crippen LogP contribution in [0.25, 0.3) is 5.65 Å². The number of imidazole rings is 1. The van der Waals surface area contributed by atoms with Crippen LogP contribution in [-0.2, 0) is 11.3 Å². The van der Waals surface area contributed by atoms with Gasteiger partial charge < -0.3 is 14.5 Å². The number of piperidine rings is 1. The number of nitrogens with zero attached hydrogens (tertiary/aromatic N) is 6. The van der Waals surface area contributed by atoms with E-state index >= 15 is 0 Å². The smallest absolute Gasteiger partial charge is 0.138 e. The van der Waals surface area contributed by atoms with E-state index in [9.17, 15) is 0 Å². The zero-order valence-corrected chi connectivity index (χ0v) is 21.4. The van der Waals surface area contributed by atoms with Gasteiger partial charge in [0.25, 0.3) is 0 Å². The molecule has 2 aliphatic heterocycles. The van der Waals surface area contributed by atoms with E-state index in [0.717, 1.165) is 44.7 Å². The SMILES string of the molecule is Cc1cccnc1C1CCC[C@H](c2nc3cccc(N4CCN(C)CC4)n3c2COC2CC2)N1C. The van der Waals surface area contributed by atoms with Gasteiger partial charge in [0.05, 0.1) is 41.9 Å². The fourth-order valence-corrected chi connectivity index (χ4v) is 5.91. The molecule has 2 atom stereocenters. The van der Waals surface area contributed by atoms with Crippen LogP contribution in [0.4, 0.5) is 5.82 Å². The number of ether oxygens (including phenoxy) is 1. The molecule has 0 N–H and O–H groups in total. The van der Waals surface area contributed by atoms with Crippen LogP contribution < -0.4 is 4.90 Å². The molecule has 1 unspecified atom stereocenters. The van der Waals surface area contributed by atoms with Crippen LogP contribution in [0, 0.1) is 6.92 Å². The third kappa shape index (κ3) is 4.46. The molecule has 1 saturated carbocycles. The first kappa shape index (κ1) is 23.0. The van der Waals surface area contributed by atoms with Crippen LogP contribution >= 0.6 is 0 Å². The number of aryl methyl sites for hydroxylation is 1. The number of anilines is 1. The lowest BCUT2D eigenvalue weighted by atomic mass is 9.90. The Bertz CT molecular complexity index is 1180. The maximum absolute atomic E-state index is 6.34. The van der Waals surface area contributed by atoms with Gasteiger partial charge in [-0.15, -0.1) is 0 Å². The lowest BCUT2D eigenvalue weighted by molar-refractivity contribution is 0.0909. The molecule has 6 rings (SSSR count). The molecule has 0 spiro atoms. The third-order valence-corrected chi connectivity index (χ3v) is 8.18. The van der Waals surface area contributed by atoms with Crippen molar-refractivity contribution in [2.45, 2.75) is 63.8 Å². The molecule has 3 aliphatic rings. The zero-order chi connectivity index (χ0) is 23.9. The van der Waals surface area contributed by atoms with Crippen molar-refractivity contribution in [2.75, 3.05) is 45.2 Å². The van der Waals surface area contributed by atoms with E-state index < -0.39 is 0 Å². The molecule has 1 aliphatic carbocycles. The van der Waals surface area contributed by atoms with Crippen LogP contribution in [0.1, 0.15) is 66.8 Å². The lowest BCUT2D eigenvalue weighted by Gasteiger charge is -2.39. The number of piperazine rings is 1. The topological polar surface area (TPSA) is 49.1 Å². The quantitative estimate of drug-likeness (QED) is 0.529. The minimum absolute atomic E-state index is 0.258. The number of hydrogen-bond acceptors (Lipinski definition) is 6. The first-order valence-corrected chi connectivity index (χ1v) is 13.3. The number of fused-ring (bicyclic) bond motifs is 1. The number of pyridine rings is 2. The average Bonchev–Trinajstić information content (AvgIpc) is 3.63. The van der Waals surface area contributed by atoms with Crippen LogP contribution in [-0.4, -0.2) is 70.5 Å². The molecule has 0 amide bonds. The number of hydrogen-bond donors (Lipinski definition) is 0. The Morgan fingerprint density at radius 3 is 2.43 bits per heavy atom. The Morgan fingerprint density at radius 1 is 0.914 bits per heavy atom. The van der Waals surface area contributed by atoms with E-state index in [1.165, 1.54) is 47.7 Å². The average molecular weight is 475 g/mol. The summed E-state index contributed by atoms with van der Waals surface area (Å²) in [6.45, 7) is 7.06. The van der Waals surface area contributed by atoms with E-state index in [1.54, 1.807) is 0 Å². The van der Waals surface area contributed by atoms with E-state index in [1.807, 2.05) is 12.3 Å². The summed E-state index contributed by atoms with van der Waals surface area (Å²) in [5.74, 6) is 1.25. The third-order valence-electron chi connectivity index (χ3n) is 8.18. The van der Waals surface area contributed by atoms with Crippen molar-refractivity contribution in [1.29, 1.82) is 0 Å². The Balaban J connectivity index is 1.40. The summed E-state index contributed by atoms with van der Waals surface area (Å²) in [6, 6.07) is 11.4. The summed E-state index contributed by atoms with van der Waals surface area (Å²) in [5, 5.41) is 0. The van der Waals surface area contributed by atoms with E-state index in [-0.39, 0.29) is 6.04 Å². The van der Waals surface area contributed by atoms with Crippen molar-refractivity contribution < 1.29 is 4.74 Å². The Hall–Kier alpha value is -2.48. The number of likely N-dealkylation sites (N-methyl/N-ethyl adjacent to an activating group) is 1. The van der Waals surface area contributed by atoms with Gasteiger partial charge >= 0.3 is 0 Å². The molecule has 0 aromatic carbocycles. The maximum Gasteiger partial charge on any atom is 0.138 e. The number of likely N-dealkylation sites (tertiary alicyclic amines) is 1. The highest BCUT2D eigenvalue weighted by atomic mass is 16.5. The number of aromatic nitrogens is 3. The second-order valence-corrected chi connectivity index (χ2v) is 10.7. The van der Waals surface area contributed by atoms with Gasteiger partial charge in [-0.1, -0.05) is 12.1 Å². The molecule has 3 aromatic heterocycles. The van der Waals surface area contributed by atoms with Crippen LogP contribution in [0.3, 0.4) is 0 Å². The molecular formula is C28H38N6O. The van der Waals surface area contributed by atoms with Gasteiger partial charge in [0.2, 0.25) is 0 Å². The summed E-state index contributed by atoms with van der Waals surface area (Å²) in [6.07, 6.45) is 8.14. The van der Waals surface area contributed by atoms with Crippen LogP contribution in [0.15, 0.2) is 36.5 Å². The second-order valence-electron chi connectivity index (χ2n) is 10.7. The van der Waals surface area contributed by atoms with Crippen LogP contribution in [0.5, 0.6) is 0 Å². The van der Waals surface area contributed by atoms with E-state index in [0.29, 0.717) is 18.8 Å². The van der Waals surface area contributed by atoms with E-state index in [4.69, 9.17) is 14.7 Å². The van der Waals surface area contributed by atoms with Gasteiger partial charge in [-0.25, -0.2) is 4.98 Å². The maximum atomic E-state index is 6.34. The molecule has 3 fully saturated rings. The number of rotatable bonds is 6. The van der Waals surface area contributed by atoms with Gasteiger partial charge in [0, 0.05) is 32.4 Å². The summed E-state index contributed by atoms with van der Waals surface area (Å²) in [4.78, 5) is 17.5. The van der Waals surface area contributed by atoms with Crippen molar-refractivity contribution in [3.8, 4) is 0 Å². The monoisotopic (exact) mass is 474 g/mol. The summed E-state index contributed by atoms with van der Waals surface area (Å²) in [7, 11) is 4.47. The fraction of sp³-hybridized carbons (Fsp3) is 0.571. The normalized spacial score (nSPS) is 24.4. The molecule has 0 radical (unpaired) electrons. The lowest BCUT2D eigenvalue weighted by Crippen LogP contribution is -2.45. The molecule has 3 aromatic rings.